The van der Waals surface area contributed by atoms with Gasteiger partial charge in [-0.05, 0) is 34.5 Å². The molecule has 0 saturated heterocycles. The Hall–Kier alpha value is -3.55. The third kappa shape index (κ3) is 3.84. The highest BCUT2D eigenvalue weighted by Gasteiger charge is 2.23. The number of carbonyl (C=O) groups is 1. The number of imidazole rings is 1. The lowest BCUT2D eigenvalue weighted by Crippen LogP contribution is -2.34. The number of hydrogen-bond acceptors (Lipinski definition) is 5. The van der Waals surface area contributed by atoms with Crippen molar-refractivity contribution in [2.75, 3.05) is 6.54 Å². The van der Waals surface area contributed by atoms with Gasteiger partial charge < -0.3 is 10.3 Å². The van der Waals surface area contributed by atoms with E-state index >= 15 is 0 Å². The zero-order valence-corrected chi connectivity index (χ0v) is 14.6. The number of amides is 1. The molecule has 4 aromatic rings. The number of rotatable bonds is 7. The molecule has 2 heterocycles. The van der Waals surface area contributed by atoms with E-state index in [0.717, 1.165) is 35.3 Å². The molecule has 8 nitrogen and oxygen atoms in total. The predicted molar refractivity (Wildman–Crippen MR) is 99.8 cm³/mol. The van der Waals surface area contributed by atoms with Gasteiger partial charge in [-0.15, -0.1) is 5.10 Å². The Morgan fingerprint density at radius 2 is 1.93 bits per heavy atom. The molecule has 2 aromatic carbocycles. The molecule has 0 radical (unpaired) electrons. The SMILES string of the molecule is O=C(NCCCc1nc2ccccc2[nH]1)C(c1ccccc1)n1cnnn1. The van der Waals surface area contributed by atoms with E-state index in [9.17, 15) is 4.79 Å². The summed E-state index contributed by atoms with van der Waals surface area (Å²) in [6.45, 7) is 0.543. The number of tetrazole rings is 1. The number of fused-ring (bicyclic) bond motifs is 1. The maximum Gasteiger partial charge on any atom is 0.249 e. The Kier molecular flexibility index (Phi) is 4.86. The van der Waals surface area contributed by atoms with E-state index in [1.807, 2.05) is 54.6 Å². The number of H-pyrrole nitrogens is 1. The summed E-state index contributed by atoms with van der Waals surface area (Å²) in [4.78, 5) is 20.6. The van der Waals surface area contributed by atoms with Crippen molar-refractivity contribution < 1.29 is 4.79 Å². The second-order valence-corrected chi connectivity index (χ2v) is 6.20. The first-order valence-corrected chi connectivity index (χ1v) is 8.80. The third-order valence-electron chi connectivity index (χ3n) is 4.32. The largest absolute Gasteiger partial charge is 0.354 e. The van der Waals surface area contributed by atoms with Crippen molar-refractivity contribution >= 4 is 16.9 Å². The first-order valence-electron chi connectivity index (χ1n) is 8.80. The second-order valence-electron chi connectivity index (χ2n) is 6.20. The van der Waals surface area contributed by atoms with Crippen molar-refractivity contribution in [2.24, 2.45) is 0 Å². The number of carbonyl (C=O) groups excluding carboxylic acids is 1. The highest BCUT2D eigenvalue weighted by molar-refractivity contribution is 5.83. The van der Waals surface area contributed by atoms with E-state index < -0.39 is 6.04 Å². The Bertz CT molecular complexity index is 978. The van der Waals surface area contributed by atoms with E-state index in [2.05, 4.69) is 30.8 Å². The van der Waals surface area contributed by atoms with Gasteiger partial charge in [-0.2, -0.15) is 0 Å². The molecular formula is C19H19N7O. The molecule has 2 N–H and O–H groups in total. The molecule has 0 aliphatic heterocycles. The first kappa shape index (κ1) is 16.9. The van der Waals surface area contributed by atoms with Crippen LogP contribution in [0, 0.1) is 0 Å². The molecule has 1 unspecified atom stereocenters. The van der Waals surface area contributed by atoms with Crippen LogP contribution in [0.15, 0.2) is 60.9 Å². The number of aromatic amines is 1. The molecule has 4 rings (SSSR count). The molecule has 0 bridgehead atoms. The van der Waals surface area contributed by atoms with Gasteiger partial charge in [-0.1, -0.05) is 42.5 Å². The topological polar surface area (TPSA) is 101 Å². The molecule has 27 heavy (non-hydrogen) atoms. The number of benzene rings is 2. The second kappa shape index (κ2) is 7.77. The molecule has 0 aliphatic rings. The Morgan fingerprint density at radius 3 is 2.70 bits per heavy atom. The monoisotopic (exact) mass is 361 g/mol. The minimum atomic E-state index is -0.590. The third-order valence-corrected chi connectivity index (χ3v) is 4.32. The number of hydrogen-bond donors (Lipinski definition) is 2. The van der Waals surface area contributed by atoms with E-state index in [4.69, 9.17) is 0 Å². The Morgan fingerprint density at radius 1 is 1.11 bits per heavy atom. The Balaban J connectivity index is 1.37. The molecule has 1 atom stereocenters. The average Bonchev–Trinajstić information content (AvgIpc) is 3.36. The zero-order chi connectivity index (χ0) is 18.5. The van der Waals surface area contributed by atoms with Crippen LogP contribution in [0.1, 0.15) is 23.9 Å². The summed E-state index contributed by atoms with van der Waals surface area (Å²) in [5.41, 5.74) is 2.82. The summed E-state index contributed by atoms with van der Waals surface area (Å²) in [7, 11) is 0. The number of aromatic nitrogens is 6. The van der Waals surface area contributed by atoms with Crippen molar-refractivity contribution in [1.82, 2.24) is 35.5 Å². The molecular weight excluding hydrogens is 342 g/mol. The summed E-state index contributed by atoms with van der Waals surface area (Å²) in [6, 6.07) is 16.8. The van der Waals surface area contributed by atoms with Crippen molar-refractivity contribution in [1.29, 1.82) is 0 Å². The highest BCUT2D eigenvalue weighted by atomic mass is 16.2. The summed E-state index contributed by atoms with van der Waals surface area (Å²) >= 11 is 0. The number of aryl methyl sites for hydroxylation is 1. The maximum absolute atomic E-state index is 12.7. The molecule has 0 fully saturated rings. The maximum atomic E-state index is 12.7. The van der Waals surface area contributed by atoms with Gasteiger partial charge in [0.1, 0.15) is 12.2 Å². The molecule has 136 valence electrons. The van der Waals surface area contributed by atoms with Crippen LogP contribution in [0.3, 0.4) is 0 Å². The fourth-order valence-corrected chi connectivity index (χ4v) is 3.03. The number of para-hydroxylation sites is 2. The summed E-state index contributed by atoms with van der Waals surface area (Å²) in [5, 5.41) is 14.2. The van der Waals surface area contributed by atoms with Crippen LogP contribution in [-0.4, -0.2) is 42.6 Å². The molecule has 1 amide bonds. The highest BCUT2D eigenvalue weighted by Crippen LogP contribution is 2.17. The minimum absolute atomic E-state index is 0.141. The van der Waals surface area contributed by atoms with Crippen LogP contribution in [0.5, 0.6) is 0 Å². The van der Waals surface area contributed by atoms with Crippen LogP contribution in [0.4, 0.5) is 0 Å². The summed E-state index contributed by atoms with van der Waals surface area (Å²) in [5.74, 6) is 0.781. The smallest absolute Gasteiger partial charge is 0.249 e. The Labute approximate surface area is 155 Å². The van der Waals surface area contributed by atoms with Gasteiger partial charge in [0.25, 0.3) is 0 Å². The van der Waals surface area contributed by atoms with Gasteiger partial charge in [0.05, 0.1) is 11.0 Å². The minimum Gasteiger partial charge on any atom is -0.354 e. The van der Waals surface area contributed by atoms with Gasteiger partial charge in [-0.25, -0.2) is 9.67 Å². The fraction of sp³-hybridized carbons (Fsp3) is 0.211. The molecule has 0 saturated carbocycles. The lowest BCUT2D eigenvalue weighted by Gasteiger charge is -2.16. The lowest BCUT2D eigenvalue weighted by atomic mass is 10.1. The molecule has 2 aromatic heterocycles. The predicted octanol–water partition coefficient (Wildman–Crippen LogP) is 1.89. The van der Waals surface area contributed by atoms with E-state index in [1.165, 1.54) is 11.0 Å². The van der Waals surface area contributed by atoms with Gasteiger partial charge in [0, 0.05) is 13.0 Å². The van der Waals surface area contributed by atoms with E-state index in [-0.39, 0.29) is 5.91 Å². The fourth-order valence-electron chi connectivity index (χ4n) is 3.03. The zero-order valence-electron chi connectivity index (χ0n) is 14.6. The standard InChI is InChI=1S/C19H19N7O/c27-19(18(26-13-21-24-25-26)14-7-2-1-3-8-14)20-12-6-11-17-22-15-9-4-5-10-16(15)23-17/h1-5,7-10,13,18H,6,11-12H2,(H,20,27)(H,22,23). The molecule has 0 aliphatic carbocycles. The first-order chi connectivity index (χ1) is 13.3. The summed E-state index contributed by atoms with van der Waals surface area (Å²) in [6.07, 6.45) is 2.99. The van der Waals surface area contributed by atoms with Crippen LogP contribution in [0.25, 0.3) is 11.0 Å². The quantitative estimate of drug-likeness (QED) is 0.490. The van der Waals surface area contributed by atoms with Gasteiger partial charge in [-0.3, -0.25) is 4.79 Å². The van der Waals surface area contributed by atoms with Crippen molar-refractivity contribution in [3.8, 4) is 0 Å². The summed E-state index contributed by atoms with van der Waals surface area (Å²) < 4.78 is 1.46. The van der Waals surface area contributed by atoms with Gasteiger partial charge >= 0.3 is 0 Å². The van der Waals surface area contributed by atoms with Crippen molar-refractivity contribution in [3.63, 3.8) is 0 Å². The van der Waals surface area contributed by atoms with Crippen molar-refractivity contribution in [2.45, 2.75) is 18.9 Å². The van der Waals surface area contributed by atoms with Crippen LogP contribution < -0.4 is 5.32 Å². The normalized spacial score (nSPS) is 12.1. The molecule has 0 spiro atoms. The van der Waals surface area contributed by atoms with Crippen LogP contribution in [0.2, 0.25) is 0 Å². The van der Waals surface area contributed by atoms with E-state index in [0.29, 0.717) is 6.54 Å². The molecule has 8 heteroatoms. The van der Waals surface area contributed by atoms with Crippen LogP contribution in [-0.2, 0) is 11.2 Å². The van der Waals surface area contributed by atoms with Gasteiger partial charge in [0.15, 0.2) is 6.04 Å². The van der Waals surface area contributed by atoms with E-state index in [1.54, 1.807) is 0 Å². The number of nitrogens with zero attached hydrogens (tertiary/aromatic N) is 5. The average molecular weight is 361 g/mol. The van der Waals surface area contributed by atoms with Crippen LogP contribution >= 0.6 is 0 Å². The van der Waals surface area contributed by atoms with Gasteiger partial charge in [0.2, 0.25) is 5.91 Å². The number of nitrogens with one attached hydrogen (secondary N) is 2. The lowest BCUT2D eigenvalue weighted by molar-refractivity contribution is -0.123. The van der Waals surface area contributed by atoms with Crippen molar-refractivity contribution in [3.05, 3.63) is 72.3 Å².